The average Bonchev–Trinajstić information content (AvgIpc) is 3.17. The van der Waals surface area contributed by atoms with Crippen LogP contribution >= 0.6 is 24.0 Å². The summed E-state index contributed by atoms with van der Waals surface area (Å²) in [6, 6.07) is 6.99. The average molecular weight is 501 g/mol. The Kier molecular flexibility index (Phi) is 10.9. The molecule has 0 bridgehead atoms. The van der Waals surface area contributed by atoms with Gasteiger partial charge in [-0.2, -0.15) is 0 Å². The number of guanidine groups is 1. The number of aromatic nitrogens is 3. The second-order valence-corrected chi connectivity index (χ2v) is 5.70. The summed E-state index contributed by atoms with van der Waals surface area (Å²) in [5, 5.41) is 17.2. The predicted octanol–water partition coefficient (Wildman–Crippen LogP) is 1.06. The Morgan fingerprint density at radius 1 is 1.14 bits per heavy atom. The molecule has 3 N–H and O–H groups in total. The van der Waals surface area contributed by atoms with Crippen LogP contribution in [0.3, 0.4) is 0 Å². The van der Waals surface area contributed by atoms with Gasteiger partial charge in [-0.05, 0) is 24.3 Å². The molecule has 9 nitrogen and oxygen atoms in total. The molecule has 10 heteroatoms. The molecule has 0 aliphatic heterocycles. The molecule has 0 fully saturated rings. The third kappa shape index (κ3) is 7.33. The zero-order valence-electron chi connectivity index (χ0n) is 16.4. The van der Waals surface area contributed by atoms with E-state index in [0.29, 0.717) is 31.2 Å². The Balaban J connectivity index is 0.00000392. The number of carbonyl (C=O) groups excluding carboxylic acids is 1. The van der Waals surface area contributed by atoms with E-state index in [0.717, 1.165) is 24.5 Å². The first-order valence-electron chi connectivity index (χ1n) is 8.91. The van der Waals surface area contributed by atoms with Crippen molar-refractivity contribution in [1.82, 2.24) is 30.7 Å². The van der Waals surface area contributed by atoms with Crippen molar-refractivity contribution in [3.63, 3.8) is 0 Å². The van der Waals surface area contributed by atoms with Crippen molar-refractivity contribution in [2.75, 3.05) is 33.8 Å². The van der Waals surface area contributed by atoms with Crippen molar-refractivity contribution in [1.29, 1.82) is 0 Å². The fourth-order valence-corrected chi connectivity index (χ4v) is 2.46. The number of nitrogens with zero attached hydrogens (tertiary/aromatic N) is 4. The first kappa shape index (κ1) is 23.7. The molecule has 0 saturated carbocycles. The highest BCUT2D eigenvalue weighted by Gasteiger charge is 2.05. The molecule has 0 unspecified atom stereocenters. The number of nitrogens with one attached hydrogen (secondary N) is 3. The van der Waals surface area contributed by atoms with E-state index < -0.39 is 0 Å². The van der Waals surface area contributed by atoms with Crippen LogP contribution in [0.1, 0.15) is 23.1 Å². The quantitative estimate of drug-likeness (QED) is 0.206. The van der Waals surface area contributed by atoms with Crippen LogP contribution in [-0.4, -0.2) is 60.4 Å². The standard InChI is InChI=1S/C18H27N7O2.HI/c1-4-16-24-23-13-25(16)12-11-22-18(19-2)21-10-9-20-17(26)14-5-7-15(27-3)8-6-14;/h5-8,13H,4,9-12H2,1-3H3,(H,20,26)(H2,19,21,22);1H. The number of rotatable bonds is 9. The van der Waals surface area contributed by atoms with Crippen LogP contribution in [0.5, 0.6) is 5.75 Å². The van der Waals surface area contributed by atoms with Gasteiger partial charge in [0.05, 0.1) is 7.11 Å². The van der Waals surface area contributed by atoms with E-state index in [9.17, 15) is 4.79 Å². The Labute approximate surface area is 182 Å². The summed E-state index contributed by atoms with van der Waals surface area (Å²) in [6.07, 6.45) is 2.58. The monoisotopic (exact) mass is 501 g/mol. The van der Waals surface area contributed by atoms with Crippen molar-refractivity contribution in [2.45, 2.75) is 19.9 Å². The van der Waals surface area contributed by atoms with Crippen LogP contribution in [0, 0.1) is 0 Å². The molecule has 0 spiro atoms. The molecule has 1 aromatic heterocycles. The number of aryl methyl sites for hydroxylation is 1. The number of amides is 1. The van der Waals surface area contributed by atoms with E-state index in [2.05, 4.69) is 38.1 Å². The van der Waals surface area contributed by atoms with Crippen LogP contribution in [-0.2, 0) is 13.0 Å². The van der Waals surface area contributed by atoms with Gasteiger partial charge in [0.2, 0.25) is 0 Å². The van der Waals surface area contributed by atoms with Gasteiger partial charge in [0, 0.05) is 45.2 Å². The SMILES string of the molecule is CCc1nncn1CCNC(=NC)NCCNC(=O)c1ccc(OC)cc1.I. The summed E-state index contributed by atoms with van der Waals surface area (Å²) in [6.45, 7) is 4.55. The minimum atomic E-state index is -0.123. The molecule has 1 amide bonds. The van der Waals surface area contributed by atoms with Crippen molar-refractivity contribution in [2.24, 2.45) is 4.99 Å². The first-order chi connectivity index (χ1) is 13.2. The van der Waals surface area contributed by atoms with Crippen LogP contribution < -0.4 is 20.7 Å². The molecule has 1 heterocycles. The zero-order chi connectivity index (χ0) is 19.5. The molecule has 0 aliphatic carbocycles. The summed E-state index contributed by atoms with van der Waals surface area (Å²) in [5.41, 5.74) is 0.596. The number of halogens is 1. The molecule has 28 heavy (non-hydrogen) atoms. The van der Waals surface area contributed by atoms with Gasteiger partial charge < -0.3 is 25.3 Å². The largest absolute Gasteiger partial charge is 0.497 e. The summed E-state index contributed by atoms with van der Waals surface area (Å²) in [5.74, 6) is 2.24. The lowest BCUT2D eigenvalue weighted by atomic mass is 10.2. The fraction of sp³-hybridized carbons (Fsp3) is 0.444. The van der Waals surface area contributed by atoms with E-state index >= 15 is 0 Å². The van der Waals surface area contributed by atoms with Crippen LogP contribution in [0.2, 0.25) is 0 Å². The lowest BCUT2D eigenvalue weighted by Crippen LogP contribution is -2.42. The zero-order valence-corrected chi connectivity index (χ0v) is 18.8. The Morgan fingerprint density at radius 2 is 1.82 bits per heavy atom. The fourth-order valence-electron chi connectivity index (χ4n) is 2.46. The Bertz CT molecular complexity index is 747. The van der Waals surface area contributed by atoms with Gasteiger partial charge in [0.15, 0.2) is 5.96 Å². The highest BCUT2D eigenvalue weighted by Crippen LogP contribution is 2.10. The second kappa shape index (κ2) is 12.9. The van der Waals surface area contributed by atoms with Crippen molar-refractivity contribution >= 4 is 35.8 Å². The molecule has 154 valence electrons. The van der Waals surface area contributed by atoms with Gasteiger partial charge in [-0.3, -0.25) is 9.79 Å². The number of benzene rings is 1. The molecule has 2 aromatic rings. The second-order valence-electron chi connectivity index (χ2n) is 5.70. The first-order valence-corrected chi connectivity index (χ1v) is 8.91. The van der Waals surface area contributed by atoms with Crippen LogP contribution in [0.25, 0.3) is 0 Å². The van der Waals surface area contributed by atoms with Crippen LogP contribution in [0.4, 0.5) is 0 Å². The maximum absolute atomic E-state index is 12.1. The predicted molar refractivity (Wildman–Crippen MR) is 120 cm³/mol. The van der Waals surface area contributed by atoms with Crippen molar-refractivity contribution in [3.05, 3.63) is 42.0 Å². The highest BCUT2D eigenvalue weighted by molar-refractivity contribution is 14.0. The minimum absolute atomic E-state index is 0. The number of hydrogen-bond donors (Lipinski definition) is 3. The minimum Gasteiger partial charge on any atom is -0.497 e. The van der Waals surface area contributed by atoms with Gasteiger partial charge >= 0.3 is 0 Å². The summed E-state index contributed by atoms with van der Waals surface area (Å²) in [7, 11) is 3.30. The van der Waals surface area contributed by atoms with E-state index in [-0.39, 0.29) is 29.9 Å². The smallest absolute Gasteiger partial charge is 0.251 e. The number of carbonyl (C=O) groups is 1. The third-order valence-electron chi connectivity index (χ3n) is 3.94. The normalized spacial score (nSPS) is 10.8. The summed E-state index contributed by atoms with van der Waals surface area (Å²) < 4.78 is 7.09. The van der Waals surface area contributed by atoms with Crippen molar-refractivity contribution in [3.8, 4) is 5.75 Å². The third-order valence-corrected chi connectivity index (χ3v) is 3.94. The van der Waals surface area contributed by atoms with E-state index in [1.165, 1.54) is 0 Å². The maximum Gasteiger partial charge on any atom is 0.251 e. The van der Waals surface area contributed by atoms with E-state index in [4.69, 9.17) is 4.74 Å². The van der Waals surface area contributed by atoms with E-state index in [1.54, 1.807) is 44.8 Å². The van der Waals surface area contributed by atoms with Gasteiger partial charge in [-0.15, -0.1) is 34.2 Å². The molecule has 1 aromatic carbocycles. The molecule has 2 rings (SSSR count). The lowest BCUT2D eigenvalue weighted by molar-refractivity contribution is 0.0954. The molecule has 0 atom stereocenters. The lowest BCUT2D eigenvalue weighted by Gasteiger charge is -2.13. The van der Waals surface area contributed by atoms with Gasteiger partial charge in [-0.1, -0.05) is 6.92 Å². The maximum atomic E-state index is 12.1. The number of hydrogen-bond acceptors (Lipinski definition) is 5. The van der Waals surface area contributed by atoms with Crippen molar-refractivity contribution < 1.29 is 9.53 Å². The Morgan fingerprint density at radius 3 is 2.46 bits per heavy atom. The van der Waals surface area contributed by atoms with E-state index in [1.807, 2.05) is 4.57 Å². The molecular formula is C18H28IN7O2. The van der Waals surface area contributed by atoms with Crippen LogP contribution in [0.15, 0.2) is 35.6 Å². The molecule has 0 radical (unpaired) electrons. The highest BCUT2D eigenvalue weighted by atomic mass is 127. The number of aliphatic imine (C=N–C) groups is 1. The summed E-state index contributed by atoms with van der Waals surface area (Å²) >= 11 is 0. The number of ether oxygens (including phenoxy) is 1. The van der Waals surface area contributed by atoms with Gasteiger partial charge in [-0.25, -0.2) is 0 Å². The summed E-state index contributed by atoms with van der Waals surface area (Å²) in [4.78, 5) is 16.3. The molecule has 0 saturated heterocycles. The molecule has 0 aliphatic rings. The van der Waals surface area contributed by atoms with Gasteiger partial charge in [0.1, 0.15) is 17.9 Å². The van der Waals surface area contributed by atoms with Gasteiger partial charge in [0.25, 0.3) is 5.91 Å². The molecular weight excluding hydrogens is 473 g/mol. The Hall–Kier alpha value is -2.37. The number of methoxy groups -OCH3 is 1. The topological polar surface area (TPSA) is 105 Å².